The maximum atomic E-state index is 11.5. The summed E-state index contributed by atoms with van der Waals surface area (Å²) in [6, 6.07) is 11.2. The Labute approximate surface area is 129 Å². The van der Waals surface area contributed by atoms with Crippen LogP contribution >= 0.6 is 11.8 Å². The molecule has 0 aliphatic heterocycles. The van der Waals surface area contributed by atoms with Gasteiger partial charge in [-0.1, -0.05) is 30.0 Å². The molecule has 0 aliphatic carbocycles. The summed E-state index contributed by atoms with van der Waals surface area (Å²) < 4.78 is 6.50. The highest BCUT2D eigenvalue weighted by molar-refractivity contribution is 7.99. The molecule has 0 bridgehead atoms. The van der Waals surface area contributed by atoms with Gasteiger partial charge in [-0.3, -0.25) is 0 Å². The topological polar surface area (TPSA) is 56.4 Å². The first-order valence-electron chi connectivity index (χ1n) is 6.76. The van der Waals surface area contributed by atoms with E-state index in [1.165, 1.54) is 18.0 Å². The van der Waals surface area contributed by atoms with Gasteiger partial charge in [-0.25, -0.2) is 0 Å². The van der Waals surface area contributed by atoms with Gasteiger partial charge in [0.15, 0.2) is 6.20 Å². The number of benzene rings is 1. The Hall–Kier alpha value is -1.72. The number of aryl methyl sites for hydroxylation is 2. The summed E-state index contributed by atoms with van der Waals surface area (Å²) in [5, 5.41) is 22.0. The Balaban J connectivity index is 1.85. The molecule has 4 nitrogen and oxygen atoms in total. The maximum Gasteiger partial charge on any atom is 0.251 e. The number of aromatic nitrogens is 1. The number of pyridine rings is 1. The monoisotopic (exact) mass is 305 g/mol. The van der Waals surface area contributed by atoms with E-state index in [9.17, 15) is 10.3 Å². The van der Waals surface area contributed by atoms with Crippen molar-refractivity contribution in [2.45, 2.75) is 25.0 Å². The van der Waals surface area contributed by atoms with Crippen molar-refractivity contribution in [2.24, 2.45) is 0 Å². The fourth-order valence-corrected chi connectivity index (χ4v) is 2.78. The molecule has 1 N–H and O–H groups in total. The Morgan fingerprint density at radius 3 is 2.57 bits per heavy atom. The summed E-state index contributed by atoms with van der Waals surface area (Å²) in [6.07, 6.45) is 0.816. The summed E-state index contributed by atoms with van der Waals surface area (Å²) in [5.41, 5.74) is 2.10. The second-order valence-corrected chi connectivity index (χ2v) is 5.90. The van der Waals surface area contributed by atoms with Crippen molar-refractivity contribution in [3.8, 4) is 5.75 Å². The number of ether oxygens (including phenoxy) is 1. The molecule has 0 spiro atoms. The average Bonchev–Trinajstić information content (AvgIpc) is 2.46. The molecule has 112 valence electrons. The van der Waals surface area contributed by atoms with Crippen LogP contribution in [0.15, 0.2) is 47.6 Å². The van der Waals surface area contributed by atoms with Crippen molar-refractivity contribution >= 4 is 11.8 Å². The van der Waals surface area contributed by atoms with Crippen molar-refractivity contribution < 1.29 is 14.6 Å². The van der Waals surface area contributed by atoms with Crippen molar-refractivity contribution in [3.05, 3.63) is 58.9 Å². The third-order valence-electron chi connectivity index (χ3n) is 3.04. The van der Waals surface area contributed by atoms with E-state index in [0.29, 0.717) is 10.8 Å². The first-order valence-corrected chi connectivity index (χ1v) is 7.74. The van der Waals surface area contributed by atoms with Crippen LogP contribution in [0.5, 0.6) is 5.75 Å². The Kier molecular flexibility index (Phi) is 5.47. The van der Waals surface area contributed by atoms with Gasteiger partial charge in [0.25, 0.3) is 5.03 Å². The number of aliphatic hydroxyl groups excluding tert-OH is 1. The van der Waals surface area contributed by atoms with Gasteiger partial charge in [0, 0.05) is 17.9 Å². The minimum atomic E-state index is -0.630. The quantitative estimate of drug-likeness (QED) is 0.506. The van der Waals surface area contributed by atoms with E-state index < -0.39 is 6.10 Å². The van der Waals surface area contributed by atoms with Gasteiger partial charge in [-0.05, 0) is 31.0 Å². The fraction of sp³-hybridized carbons (Fsp3) is 0.312. The third kappa shape index (κ3) is 4.37. The molecule has 21 heavy (non-hydrogen) atoms. The summed E-state index contributed by atoms with van der Waals surface area (Å²) in [5.74, 6) is 1.23. The minimum Gasteiger partial charge on any atom is -0.618 e. The number of para-hydroxylation sites is 1. The molecule has 2 rings (SSSR count). The van der Waals surface area contributed by atoms with Crippen molar-refractivity contribution in [1.29, 1.82) is 0 Å². The third-order valence-corrected chi connectivity index (χ3v) is 4.20. The lowest BCUT2D eigenvalue weighted by atomic mass is 10.1. The molecular weight excluding hydrogens is 286 g/mol. The number of aliphatic hydroxyl groups is 1. The highest BCUT2D eigenvalue weighted by atomic mass is 32.2. The van der Waals surface area contributed by atoms with E-state index >= 15 is 0 Å². The van der Waals surface area contributed by atoms with E-state index in [2.05, 4.69) is 0 Å². The molecule has 0 saturated heterocycles. The van der Waals surface area contributed by atoms with E-state index in [4.69, 9.17) is 4.74 Å². The van der Waals surface area contributed by atoms with Gasteiger partial charge in [0.2, 0.25) is 0 Å². The smallest absolute Gasteiger partial charge is 0.251 e. The SMILES string of the molecule is Cc1cccc(C)c1OCC(O)CSc1cccc[n+]1[O-]. The number of thioether (sulfide) groups is 1. The molecule has 0 saturated carbocycles. The van der Waals surface area contributed by atoms with Gasteiger partial charge < -0.3 is 15.1 Å². The molecule has 1 atom stereocenters. The van der Waals surface area contributed by atoms with Gasteiger partial charge >= 0.3 is 0 Å². The standard InChI is InChI=1S/C16H19NO3S/c1-12-6-5-7-13(2)16(12)20-10-14(18)11-21-15-8-3-4-9-17(15)19/h3-9,14,18H,10-11H2,1-2H3. The second kappa shape index (κ2) is 7.33. The van der Waals surface area contributed by atoms with E-state index in [0.717, 1.165) is 21.6 Å². The number of nitrogens with zero attached hydrogens (tertiary/aromatic N) is 1. The average molecular weight is 305 g/mol. The fourth-order valence-electron chi connectivity index (χ4n) is 1.96. The van der Waals surface area contributed by atoms with Crippen LogP contribution in [0.4, 0.5) is 0 Å². The Bertz CT molecular complexity index is 584. The van der Waals surface area contributed by atoms with Crippen molar-refractivity contribution in [1.82, 2.24) is 0 Å². The zero-order valence-corrected chi connectivity index (χ0v) is 13.0. The number of hydrogen-bond donors (Lipinski definition) is 1. The molecule has 0 radical (unpaired) electrons. The molecule has 0 fully saturated rings. The van der Waals surface area contributed by atoms with E-state index in [1.807, 2.05) is 32.0 Å². The van der Waals surface area contributed by atoms with Crippen LogP contribution in [0.2, 0.25) is 0 Å². The first-order chi connectivity index (χ1) is 10.1. The van der Waals surface area contributed by atoms with Crippen LogP contribution in [0.1, 0.15) is 11.1 Å². The lowest BCUT2D eigenvalue weighted by Crippen LogP contribution is -2.29. The molecule has 5 heteroatoms. The lowest BCUT2D eigenvalue weighted by Gasteiger charge is -2.15. The summed E-state index contributed by atoms with van der Waals surface area (Å²) in [6.45, 7) is 4.17. The predicted octanol–water partition coefficient (Wildman–Crippen LogP) is 2.47. The lowest BCUT2D eigenvalue weighted by molar-refractivity contribution is -0.645. The zero-order chi connectivity index (χ0) is 15.2. The van der Waals surface area contributed by atoms with Crippen LogP contribution in [0, 0.1) is 19.1 Å². The number of rotatable bonds is 6. The summed E-state index contributed by atoms with van der Waals surface area (Å²) >= 11 is 1.32. The Morgan fingerprint density at radius 1 is 1.19 bits per heavy atom. The van der Waals surface area contributed by atoms with Gasteiger partial charge in [0.1, 0.15) is 12.4 Å². The van der Waals surface area contributed by atoms with E-state index in [1.54, 1.807) is 18.2 Å². The van der Waals surface area contributed by atoms with Crippen molar-refractivity contribution in [2.75, 3.05) is 12.4 Å². The molecular formula is C16H19NO3S. The molecule has 1 aromatic heterocycles. The molecule has 0 aliphatic rings. The highest BCUT2D eigenvalue weighted by Crippen LogP contribution is 2.23. The normalized spacial score (nSPS) is 12.1. The van der Waals surface area contributed by atoms with Crippen LogP contribution in [0.25, 0.3) is 0 Å². The molecule has 1 aromatic carbocycles. The number of hydrogen-bond acceptors (Lipinski definition) is 4. The van der Waals surface area contributed by atoms with E-state index in [-0.39, 0.29) is 6.61 Å². The van der Waals surface area contributed by atoms with Crippen molar-refractivity contribution in [3.63, 3.8) is 0 Å². The minimum absolute atomic E-state index is 0.213. The molecule has 1 unspecified atom stereocenters. The Morgan fingerprint density at radius 2 is 1.90 bits per heavy atom. The second-order valence-electron chi connectivity index (χ2n) is 4.86. The zero-order valence-electron chi connectivity index (χ0n) is 12.2. The van der Waals surface area contributed by atoms with Gasteiger partial charge in [-0.2, -0.15) is 4.73 Å². The molecule has 2 aromatic rings. The predicted molar refractivity (Wildman–Crippen MR) is 83.5 cm³/mol. The maximum absolute atomic E-state index is 11.5. The first kappa shape index (κ1) is 15.7. The van der Waals surface area contributed by atoms with Crippen LogP contribution in [-0.2, 0) is 0 Å². The summed E-state index contributed by atoms with van der Waals surface area (Å²) in [4.78, 5) is 0. The van der Waals surface area contributed by atoms with Crippen LogP contribution in [-0.4, -0.2) is 23.6 Å². The van der Waals surface area contributed by atoms with Gasteiger partial charge in [0.05, 0.1) is 6.10 Å². The molecule has 1 heterocycles. The highest BCUT2D eigenvalue weighted by Gasteiger charge is 2.12. The molecule has 0 amide bonds. The summed E-state index contributed by atoms with van der Waals surface area (Å²) in [7, 11) is 0. The van der Waals surface area contributed by atoms with Crippen LogP contribution < -0.4 is 9.47 Å². The van der Waals surface area contributed by atoms with Gasteiger partial charge in [-0.15, -0.1) is 0 Å². The largest absolute Gasteiger partial charge is 0.618 e. The van der Waals surface area contributed by atoms with Crippen LogP contribution in [0.3, 0.4) is 0 Å².